The highest BCUT2D eigenvalue weighted by Crippen LogP contribution is 2.02. The van der Waals surface area contributed by atoms with Crippen molar-refractivity contribution in [2.45, 2.75) is 13.3 Å². The Balaban J connectivity index is 1.80. The average Bonchev–Trinajstić information content (AvgIpc) is 2.76. The van der Waals surface area contributed by atoms with Crippen LogP contribution in [0.25, 0.3) is 0 Å². The Morgan fingerprint density at radius 3 is 2.93 bits per heavy atom. The number of aromatic amines is 2. The van der Waals surface area contributed by atoms with Crippen molar-refractivity contribution in [3.63, 3.8) is 0 Å². The van der Waals surface area contributed by atoms with Crippen LogP contribution in [0.15, 0.2) is 12.1 Å². The summed E-state index contributed by atoms with van der Waals surface area (Å²) in [5.74, 6) is 0.865. The number of nitrogens with one attached hydrogen (secondary N) is 3. The molecule has 2 heterocycles. The largest absolute Gasteiger partial charge is 0.368 e. The number of nitrogens with zero attached hydrogens (tertiary/aromatic N) is 2. The molecule has 2 aromatic rings. The fraction of sp³-hybridized carbons (Fsp3) is 0.333. The quantitative estimate of drug-likeness (QED) is 0.591. The van der Waals surface area contributed by atoms with E-state index in [0.717, 1.165) is 13.0 Å². The van der Waals surface area contributed by atoms with Crippen LogP contribution in [0.1, 0.15) is 11.4 Å². The van der Waals surface area contributed by atoms with Crippen LogP contribution in [-0.4, -0.2) is 26.7 Å². The van der Waals surface area contributed by atoms with Crippen molar-refractivity contribution in [3.05, 3.63) is 23.5 Å². The molecule has 0 spiro atoms. The Hall–Kier alpha value is -1.98. The second kappa shape index (κ2) is 4.04. The summed E-state index contributed by atoms with van der Waals surface area (Å²) >= 11 is 0. The van der Waals surface area contributed by atoms with Crippen LogP contribution >= 0.6 is 0 Å². The molecule has 0 aliphatic heterocycles. The summed E-state index contributed by atoms with van der Waals surface area (Å²) in [6.45, 7) is 2.81. The first-order valence-electron chi connectivity index (χ1n) is 4.80. The van der Waals surface area contributed by atoms with Crippen LogP contribution in [0.3, 0.4) is 0 Å². The summed E-state index contributed by atoms with van der Waals surface area (Å²) in [7, 11) is 0. The maximum atomic E-state index is 5.39. The first kappa shape index (κ1) is 9.57. The van der Waals surface area contributed by atoms with E-state index < -0.39 is 0 Å². The first-order chi connectivity index (χ1) is 7.24. The van der Waals surface area contributed by atoms with Crippen molar-refractivity contribution in [2.75, 3.05) is 17.6 Å². The van der Waals surface area contributed by atoms with Gasteiger partial charge in [-0.25, -0.2) is 5.10 Å². The zero-order valence-electron chi connectivity index (χ0n) is 8.54. The molecular weight excluding hydrogens is 192 g/mol. The van der Waals surface area contributed by atoms with E-state index in [0.29, 0.717) is 11.9 Å². The molecule has 6 heteroatoms. The predicted molar refractivity (Wildman–Crippen MR) is 58.5 cm³/mol. The highest BCUT2D eigenvalue weighted by Gasteiger charge is 1.99. The maximum absolute atomic E-state index is 5.39. The molecule has 5 N–H and O–H groups in total. The smallest absolute Gasteiger partial charge is 0.243 e. The van der Waals surface area contributed by atoms with E-state index in [-0.39, 0.29) is 0 Å². The Morgan fingerprint density at radius 2 is 2.33 bits per heavy atom. The van der Waals surface area contributed by atoms with E-state index in [2.05, 4.69) is 37.6 Å². The van der Waals surface area contributed by atoms with Gasteiger partial charge < -0.3 is 16.0 Å². The van der Waals surface area contributed by atoms with Gasteiger partial charge in [-0.1, -0.05) is 0 Å². The zero-order chi connectivity index (χ0) is 10.7. The lowest BCUT2D eigenvalue weighted by Gasteiger charge is -1.99. The fourth-order valence-corrected chi connectivity index (χ4v) is 1.37. The summed E-state index contributed by atoms with van der Waals surface area (Å²) in [6, 6.07) is 4.13. The van der Waals surface area contributed by atoms with Gasteiger partial charge in [-0.05, 0) is 19.1 Å². The number of anilines is 2. The molecule has 0 aromatic carbocycles. The first-order valence-corrected chi connectivity index (χ1v) is 4.80. The lowest BCUT2D eigenvalue weighted by atomic mass is 10.3. The number of aromatic nitrogens is 4. The number of H-pyrrole nitrogens is 2. The summed E-state index contributed by atoms with van der Waals surface area (Å²) in [6.07, 6.45) is 0.905. The number of hydrogen-bond acceptors (Lipinski definition) is 4. The van der Waals surface area contributed by atoms with Crippen LogP contribution < -0.4 is 11.1 Å². The fourth-order valence-electron chi connectivity index (χ4n) is 1.37. The van der Waals surface area contributed by atoms with E-state index in [1.165, 1.54) is 11.4 Å². The molecule has 6 nitrogen and oxygen atoms in total. The maximum Gasteiger partial charge on any atom is 0.243 e. The monoisotopic (exact) mass is 206 g/mol. The van der Waals surface area contributed by atoms with Gasteiger partial charge in [0.25, 0.3) is 0 Å². The van der Waals surface area contributed by atoms with Gasteiger partial charge in [0, 0.05) is 24.4 Å². The van der Waals surface area contributed by atoms with E-state index in [1.807, 2.05) is 6.92 Å². The SMILES string of the molecule is Cc1ccc(CCNc2n[nH]c(N)n2)[nH]1. The third-order valence-corrected chi connectivity index (χ3v) is 2.07. The Bertz CT molecular complexity index is 389. The van der Waals surface area contributed by atoms with Gasteiger partial charge in [0.05, 0.1) is 0 Å². The molecule has 0 aliphatic carbocycles. The van der Waals surface area contributed by atoms with Crippen molar-refractivity contribution >= 4 is 11.9 Å². The minimum atomic E-state index is 0.327. The van der Waals surface area contributed by atoms with Crippen LogP contribution in [0.4, 0.5) is 11.9 Å². The van der Waals surface area contributed by atoms with E-state index in [4.69, 9.17) is 5.73 Å². The Labute approximate surface area is 87.3 Å². The molecule has 0 unspecified atom stereocenters. The van der Waals surface area contributed by atoms with Gasteiger partial charge in [-0.2, -0.15) is 4.98 Å². The van der Waals surface area contributed by atoms with Gasteiger partial charge in [-0.3, -0.25) is 0 Å². The van der Waals surface area contributed by atoms with Crippen molar-refractivity contribution in [2.24, 2.45) is 0 Å². The Kier molecular flexibility index (Phi) is 2.57. The van der Waals surface area contributed by atoms with Gasteiger partial charge in [-0.15, -0.1) is 5.10 Å². The molecule has 80 valence electrons. The summed E-state index contributed by atoms with van der Waals surface area (Å²) in [5.41, 5.74) is 7.76. The molecule has 0 amide bonds. The van der Waals surface area contributed by atoms with E-state index >= 15 is 0 Å². The molecular formula is C9H14N6. The molecule has 2 rings (SSSR count). The minimum Gasteiger partial charge on any atom is -0.368 e. The number of nitrogens with two attached hydrogens (primary N) is 1. The lowest BCUT2D eigenvalue weighted by molar-refractivity contribution is 0.948. The van der Waals surface area contributed by atoms with E-state index in [1.54, 1.807) is 0 Å². The standard InChI is InChI=1S/C9H14N6/c1-6-2-3-7(12-6)4-5-11-9-13-8(10)14-15-9/h2-3,12H,4-5H2,1H3,(H4,10,11,13,14,15). The topological polar surface area (TPSA) is 95.4 Å². The van der Waals surface area contributed by atoms with Crippen LogP contribution in [0.2, 0.25) is 0 Å². The van der Waals surface area contributed by atoms with E-state index in [9.17, 15) is 0 Å². The molecule has 0 fully saturated rings. The van der Waals surface area contributed by atoms with Gasteiger partial charge >= 0.3 is 0 Å². The summed E-state index contributed by atoms with van der Waals surface area (Å²) in [4.78, 5) is 7.19. The molecule has 0 saturated heterocycles. The van der Waals surface area contributed by atoms with Crippen LogP contribution in [0, 0.1) is 6.92 Å². The summed E-state index contributed by atoms with van der Waals surface area (Å²) < 4.78 is 0. The van der Waals surface area contributed by atoms with Gasteiger partial charge in [0.15, 0.2) is 0 Å². The highest BCUT2D eigenvalue weighted by atomic mass is 15.3. The number of hydrogen-bond donors (Lipinski definition) is 4. The third kappa shape index (κ3) is 2.49. The van der Waals surface area contributed by atoms with Crippen molar-refractivity contribution in [3.8, 4) is 0 Å². The molecule has 2 aromatic heterocycles. The normalized spacial score (nSPS) is 10.5. The molecule has 0 atom stereocenters. The number of rotatable bonds is 4. The molecule has 0 bridgehead atoms. The van der Waals surface area contributed by atoms with Crippen molar-refractivity contribution in [1.82, 2.24) is 20.2 Å². The molecule has 15 heavy (non-hydrogen) atoms. The minimum absolute atomic E-state index is 0.327. The molecule has 0 aliphatic rings. The second-order valence-electron chi connectivity index (χ2n) is 3.39. The number of aryl methyl sites for hydroxylation is 1. The van der Waals surface area contributed by atoms with Crippen LogP contribution in [-0.2, 0) is 6.42 Å². The van der Waals surface area contributed by atoms with Crippen LogP contribution in [0.5, 0.6) is 0 Å². The Morgan fingerprint density at radius 1 is 1.47 bits per heavy atom. The highest BCUT2D eigenvalue weighted by molar-refractivity contribution is 5.29. The van der Waals surface area contributed by atoms with Crippen molar-refractivity contribution < 1.29 is 0 Å². The molecule has 0 radical (unpaired) electrons. The number of nitrogen functional groups attached to an aromatic ring is 1. The van der Waals surface area contributed by atoms with Crippen molar-refractivity contribution in [1.29, 1.82) is 0 Å². The van der Waals surface area contributed by atoms with Gasteiger partial charge in [0.2, 0.25) is 11.9 Å². The molecule has 0 saturated carbocycles. The van der Waals surface area contributed by atoms with Gasteiger partial charge in [0.1, 0.15) is 0 Å². The third-order valence-electron chi connectivity index (χ3n) is 2.07. The average molecular weight is 206 g/mol. The predicted octanol–water partition coefficient (Wildman–Crippen LogP) is 0.678. The lowest BCUT2D eigenvalue weighted by Crippen LogP contribution is -2.06. The zero-order valence-corrected chi connectivity index (χ0v) is 8.54. The second-order valence-corrected chi connectivity index (χ2v) is 3.39. The summed E-state index contributed by atoms with van der Waals surface area (Å²) in [5, 5.41) is 9.51.